The van der Waals surface area contributed by atoms with Gasteiger partial charge in [-0.25, -0.2) is 0 Å². The number of alkyl halides is 1. The fourth-order valence-electron chi connectivity index (χ4n) is 6.57. The molecule has 0 aromatic carbocycles. The first-order valence-electron chi connectivity index (χ1n) is 12.0. The zero-order chi connectivity index (χ0) is 23.2. The van der Waals surface area contributed by atoms with Gasteiger partial charge in [0.05, 0.1) is 29.2 Å². The maximum Gasteiger partial charge on any atom is 0.244 e. The topological polar surface area (TPSA) is 98.7 Å². The minimum Gasteiger partial charge on any atom is -0.394 e. The third-order valence-electron chi connectivity index (χ3n) is 7.82. The van der Waals surface area contributed by atoms with Crippen LogP contribution in [0, 0.1) is 17.8 Å². The largest absolute Gasteiger partial charge is 0.394 e. The molecule has 7 nitrogen and oxygen atoms in total. The van der Waals surface area contributed by atoms with Gasteiger partial charge in [-0.1, -0.05) is 49.0 Å². The molecule has 3 saturated heterocycles. The average molecular weight is 531 g/mol. The van der Waals surface area contributed by atoms with Crippen LogP contribution < -0.4 is 10.6 Å². The lowest BCUT2D eigenvalue weighted by molar-refractivity contribution is -0.143. The molecular weight excluding hydrogens is 494 g/mol. The predicted octanol–water partition coefficient (Wildman–Crippen LogP) is 2.05. The fourth-order valence-corrected chi connectivity index (χ4v) is 10.2. The number of aliphatic hydroxyl groups is 1. The van der Waals surface area contributed by atoms with Crippen LogP contribution in [0.3, 0.4) is 0 Å². The molecule has 9 heteroatoms. The van der Waals surface area contributed by atoms with Crippen LogP contribution in [0.1, 0.15) is 58.8 Å². The number of fused-ring (bicyclic) bond motifs is 1. The summed E-state index contributed by atoms with van der Waals surface area (Å²) in [6.07, 6.45) is 6.64. The number of hydrogen-bond acceptors (Lipinski definition) is 5. The summed E-state index contributed by atoms with van der Waals surface area (Å²) in [5.74, 6) is -1.12. The van der Waals surface area contributed by atoms with Crippen molar-refractivity contribution in [2.75, 3.05) is 13.7 Å². The molecule has 4 aliphatic rings. The van der Waals surface area contributed by atoms with Gasteiger partial charge >= 0.3 is 0 Å². The normalized spacial score (nSPS) is 37.6. The van der Waals surface area contributed by atoms with Crippen LogP contribution in [-0.2, 0) is 14.4 Å². The molecule has 0 aromatic heterocycles. The lowest BCUT2D eigenvalue weighted by Gasteiger charge is -2.39. The molecule has 7 atom stereocenters. The first kappa shape index (κ1) is 24.3. The SMILES string of the molecule is CNC(=O)[C@H]1[C@@H]2SC3(CC2Br)C(C(=O)NC2CCCCC2)N([C@@H](CO)CC(C)C)C(=O)[C@H]13. The number of hydrogen-bond donors (Lipinski definition) is 3. The number of carbonyl (C=O) groups is 3. The van der Waals surface area contributed by atoms with E-state index in [-0.39, 0.29) is 46.4 Å². The van der Waals surface area contributed by atoms with E-state index in [9.17, 15) is 19.5 Å². The molecule has 3 aliphatic heterocycles. The monoisotopic (exact) mass is 529 g/mol. The van der Waals surface area contributed by atoms with Crippen LogP contribution >= 0.6 is 27.7 Å². The molecule has 2 bridgehead atoms. The van der Waals surface area contributed by atoms with Crippen molar-refractivity contribution in [2.24, 2.45) is 17.8 Å². The average Bonchev–Trinajstić information content (AvgIpc) is 3.35. The summed E-state index contributed by atoms with van der Waals surface area (Å²) in [4.78, 5) is 42.4. The van der Waals surface area contributed by atoms with Crippen molar-refractivity contribution in [3.8, 4) is 0 Å². The minimum atomic E-state index is -0.664. The third-order valence-corrected chi connectivity index (χ3v) is 11.0. The molecule has 4 fully saturated rings. The number of thioether (sulfide) groups is 1. The van der Waals surface area contributed by atoms with Crippen molar-refractivity contribution in [1.29, 1.82) is 0 Å². The Balaban J connectivity index is 1.73. The molecule has 3 unspecified atom stereocenters. The highest BCUT2D eigenvalue weighted by Crippen LogP contribution is 2.68. The number of nitrogens with zero attached hydrogens (tertiary/aromatic N) is 1. The zero-order valence-electron chi connectivity index (χ0n) is 19.2. The Morgan fingerprint density at radius 3 is 2.53 bits per heavy atom. The Labute approximate surface area is 203 Å². The standard InChI is InChI=1S/C23H36BrN3O4S/c1-12(2)9-14(11-28)27-19(21(30)26-13-7-5-4-6-8-13)23-10-15(24)18(32-23)16(20(29)25-3)17(23)22(27)31/h12-19,28H,4-11H2,1-3H3,(H,25,29)(H,26,30)/t14-,15?,16-,17+,18-,19?,23?/m1/s1. The number of nitrogens with one attached hydrogen (secondary N) is 2. The molecule has 1 saturated carbocycles. The van der Waals surface area contributed by atoms with E-state index in [1.165, 1.54) is 6.42 Å². The summed E-state index contributed by atoms with van der Waals surface area (Å²) in [7, 11) is 1.61. The van der Waals surface area contributed by atoms with Gasteiger partial charge < -0.3 is 20.6 Å². The second kappa shape index (κ2) is 9.45. The van der Waals surface area contributed by atoms with Gasteiger partial charge in [-0.2, -0.15) is 0 Å². The Kier molecular flexibility index (Phi) is 7.18. The van der Waals surface area contributed by atoms with E-state index in [0.717, 1.165) is 25.7 Å². The van der Waals surface area contributed by atoms with Crippen LogP contribution in [0.15, 0.2) is 0 Å². The quantitative estimate of drug-likeness (QED) is 0.438. The molecule has 1 aliphatic carbocycles. The summed E-state index contributed by atoms with van der Waals surface area (Å²) >= 11 is 5.41. The first-order valence-corrected chi connectivity index (χ1v) is 13.8. The van der Waals surface area contributed by atoms with Crippen molar-refractivity contribution < 1.29 is 19.5 Å². The zero-order valence-corrected chi connectivity index (χ0v) is 21.6. The molecule has 3 amide bonds. The molecule has 4 rings (SSSR count). The van der Waals surface area contributed by atoms with E-state index in [1.807, 2.05) is 0 Å². The van der Waals surface area contributed by atoms with Crippen LogP contribution in [0.25, 0.3) is 0 Å². The first-order chi connectivity index (χ1) is 15.2. The second-order valence-electron chi connectivity index (χ2n) is 10.3. The van der Waals surface area contributed by atoms with Crippen molar-refractivity contribution in [2.45, 2.75) is 91.7 Å². The smallest absolute Gasteiger partial charge is 0.244 e. The highest BCUT2D eigenvalue weighted by Gasteiger charge is 2.76. The third kappa shape index (κ3) is 3.90. The van der Waals surface area contributed by atoms with Gasteiger partial charge in [0.25, 0.3) is 0 Å². The maximum absolute atomic E-state index is 13.9. The van der Waals surface area contributed by atoms with Crippen LogP contribution in [-0.4, -0.2) is 74.3 Å². The molecule has 0 radical (unpaired) electrons. The van der Waals surface area contributed by atoms with Gasteiger partial charge in [0.1, 0.15) is 6.04 Å². The van der Waals surface area contributed by atoms with Gasteiger partial charge in [-0.3, -0.25) is 14.4 Å². The molecular formula is C23H36BrN3O4S. The number of likely N-dealkylation sites (tertiary alicyclic amines) is 1. The van der Waals surface area contributed by atoms with E-state index < -0.39 is 28.7 Å². The number of amides is 3. The highest BCUT2D eigenvalue weighted by atomic mass is 79.9. The second-order valence-corrected chi connectivity index (χ2v) is 13.0. The van der Waals surface area contributed by atoms with Gasteiger partial charge in [0.2, 0.25) is 17.7 Å². The highest BCUT2D eigenvalue weighted by molar-refractivity contribution is 9.09. The summed E-state index contributed by atoms with van der Waals surface area (Å²) in [5, 5.41) is 16.2. The predicted molar refractivity (Wildman–Crippen MR) is 128 cm³/mol. The summed E-state index contributed by atoms with van der Waals surface area (Å²) < 4.78 is -0.643. The number of aliphatic hydroxyl groups excluding tert-OH is 1. The lowest BCUT2D eigenvalue weighted by Crippen LogP contribution is -2.58. The van der Waals surface area contributed by atoms with E-state index in [0.29, 0.717) is 12.8 Å². The Morgan fingerprint density at radius 2 is 1.94 bits per heavy atom. The number of halogens is 1. The molecule has 32 heavy (non-hydrogen) atoms. The van der Waals surface area contributed by atoms with Crippen molar-refractivity contribution in [1.82, 2.24) is 15.5 Å². The number of carbonyl (C=O) groups excluding carboxylic acids is 3. The minimum absolute atomic E-state index is 0.0336. The van der Waals surface area contributed by atoms with E-state index >= 15 is 0 Å². The van der Waals surface area contributed by atoms with Gasteiger partial charge in [-0.15, -0.1) is 11.8 Å². The molecule has 3 heterocycles. The van der Waals surface area contributed by atoms with Crippen molar-refractivity contribution in [3.05, 3.63) is 0 Å². The van der Waals surface area contributed by atoms with Crippen molar-refractivity contribution in [3.63, 3.8) is 0 Å². The van der Waals surface area contributed by atoms with E-state index in [4.69, 9.17) is 0 Å². The van der Waals surface area contributed by atoms with Crippen molar-refractivity contribution >= 4 is 45.4 Å². The summed E-state index contributed by atoms with van der Waals surface area (Å²) in [5.41, 5.74) is 0. The molecule has 3 N–H and O–H groups in total. The van der Waals surface area contributed by atoms with Crippen LogP contribution in [0.5, 0.6) is 0 Å². The maximum atomic E-state index is 13.9. The Morgan fingerprint density at radius 1 is 1.25 bits per heavy atom. The molecule has 1 spiro atoms. The van der Waals surface area contributed by atoms with Gasteiger partial charge in [-0.05, 0) is 31.6 Å². The van der Waals surface area contributed by atoms with Crippen LogP contribution in [0.2, 0.25) is 0 Å². The summed E-state index contributed by atoms with van der Waals surface area (Å²) in [6, 6.07) is -0.953. The molecule has 180 valence electrons. The van der Waals surface area contributed by atoms with Gasteiger partial charge in [0, 0.05) is 23.2 Å². The number of rotatable bonds is 7. The molecule has 0 aromatic rings. The van der Waals surface area contributed by atoms with E-state index in [1.54, 1.807) is 23.7 Å². The summed E-state index contributed by atoms with van der Waals surface area (Å²) in [6.45, 7) is 3.93. The van der Waals surface area contributed by atoms with Gasteiger partial charge in [0.15, 0.2) is 0 Å². The Bertz CT molecular complexity index is 762. The van der Waals surface area contributed by atoms with E-state index in [2.05, 4.69) is 40.4 Å². The fraction of sp³-hybridized carbons (Fsp3) is 0.870. The lowest BCUT2D eigenvalue weighted by atomic mass is 9.70. The Hall–Kier alpha value is -0.800. The van der Waals surface area contributed by atoms with Crippen LogP contribution in [0.4, 0.5) is 0 Å².